The third kappa shape index (κ3) is 3.99. The number of nitrogens with zero attached hydrogens (tertiary/aromatic N) is 2. The normalized spacial score (nSPS) is 17.4. The Morgan fingerprint density at radius 3 is 2.71 bits per heavy atom. The highest BCUT2D eigenvalue weighted by Gasteiger charge is 2.27. The zero-order valence-electron chi connectivity index (χ0n) is 12.2. The number of hydrogen-bond acceptors (Lipinski definition) is 6. The highest BCUT2D eigenvalue weighted by Crippen LogP contribution is 2.16. The van der Waals surface area contributed by atoms with Crippen LogP contribution in [0.5, 0.6) is 5.88 Å². The van der Waals surface area contributed by atoms with E-state index in [1.165, 1.54) is 6.21 Å². The maximum atomic E-state index is 11.7. The van der Waals surface area contributed by atoms with Crippen LogP contribution in [-0.4, -0.2) is 64.6 Å². The first-order valence-electron chi connectivity index (χ1n) is 6.78. The molecule has 1 aliphatic rings. The summed E-state index contributed by atoms with van der Waals surface area (Å²) in [7, 11) is 0. The van der Waals surface area contributed by atoms with Gasteiger partial charge >= 0.3 is 0 Å². The molecule has 0 aromatic carbocycles. The van der Waals surface area contributed by atoms with Crippen LogP contribution in [0.2, 0.25) is 0 Å². The van der Waals surface area contributed by atoms with E-state index in [-0.39, 0.29) is 21.8 Å². The number of H-pyrrole nitrogens is 2. The molecule has 2 rings (SSSR count). The smallest absolute Gasteiger partial charge is 0.264 e. The Bertz CT molecular complexity index is 629. The third-order valence-electron chi connectivity index (χ3n) is 3.52. The van der Waals surface area contributed by atoms with Crippen molar-refractivity contribution in [3.8, 4) is 5.88 Å². The van der Waals surface area contributed by atoms with Gasteiger partial charge in [0.15, 0.2) is 4.77 Å². The second-order valence-corrected chi connectivity index (χ2v) is 5.96. The van der Waals surface area contributed by atoms with Crippen molar-refractivity contribution in [1.82, 2.24) is 14.9 Å². The van der Waals surface area contributed by atoms with Gasteiger partial charge in [0, 0.05) is 24.8 Å². The van der Waals surface area contributed by atoms with Crippen LogP contribution in [0.1, 0.15) is 19.4 Å². The molecule has 3 N–H and O–H groups in total. The van der Waals surface area contributed by atoms with Crippen LogP contribution in [0.25, 0.3) is 0 Å². The molecule has 0 saturated carbocycles. The predicted octanol–water partition coefficient (Wildman–Crippen LogP) is 0.668. The molecular formula is C13H20N4O3S. The van der Waals surface area contributed by atoms with Gasteiger partial charge in [-0.25, -0.2) is 0 Å². The number of ether oxygens (including phenoxy) is 1. The summed E-state index contributed by atoms with van der Waals surface area (Å²) in [6.45, 7) is 7.89. The van der Waals surface area contributed by atoms with E-state index >= 15 is 0 Å². The number of morpholine rings is 1. The number of aromatic nitrogens is 2. The van der Waals surface area contributed by atoms with Gasteiger partial charge in [-0.2, -0.15) is 0 Å². The molecule has 1 aromatic heterocycles. The molecule has 0 bridgehead atoms. The molecule has 21 heavy (non-hydrogen) atoms. The summed E-state index contributed by atoms with van der Waals surface area (Å²) in [5, 5.41) is 9.69. The van der Waals surface area contributed by atoms with Gasteiger partial charge in [0.25, 0.3) is 5.56 Å². The Hall–Kier alpha value is -1.51. The summed E-state index contributed by atoms with van der Waals surface area (Å²) in [5.41, 5.74) is -0.504. The average Bonchev–Trinajstić information content (AvgIpc) is 2.42. The summed E-state index contributed by atoms with van der Waals surface area (Å²) >= 11 is 4.77. The van der Waals surface area contributed by atoms with Crippen LogP contribution in [0.15, 0.2) is 9.79 Å². The van der Waals surface area contributed by atoms with E-state index in [0.717, 1.165) is 26.3 Å². The summed E-state index contributed by atoms with van der Waals surface area (Å²) in [4.78, 5) is 23.2. The Kier molecular flexibility index (Phi) is 4.92. The largest absolute Gasteiger partial charge is 0.494 e. The summed E-state index contributed by atoms with van der Waals surface area (Å²) in [5.74, 6) is -0.267. The molecule has 0 amide bonds. The van der Waals surface area contributed by atoms with E-state index in [4.69, 9.17) is 17.0 Å². The number of nitrogens with one attached hydrogen (secondary N) is 2. The third-order valence-corrected chi connectivity index (χ3v) is 3.73. The zero-order valence-corrected chi connectivity index (χ0v) is 13.0. The first kappa shape index (κ1) is 15.9. The number of rotatable bonds is 4. The van der Waals surface area contributed by atoms with Crippen molar-refractivity contribution in [1.29, 1.82) is 0 Å². The van der Waals surface area contributed by atoms with Crippen molar-refractivity contribution in [3.05, 3.63) is 20.7 Å². The Balaban J connectivity index is 2.08. The van der Waals surface area contributed by atoms with E-state index < -0.39 is 5.56 Å². The minimum absolute atomic E-state index is 0.0846. The van der Waals surface area contributed by atoms with Crippen LogP contribution < -0.4 is 5.56 Å². The average molecular weight is 312 g/mol. The lowest BCUT2D eigenvalue weighted by Gasteiger charge is -2.39. The maximum absolute atomic E-state index is 11.7. The lowest BCUT2D eigenvalue weighted by atomic mass is 10.0. The second-order valence-electron chi connectivity index (χ2n) is 5.55. The van der Waals surface area contributed by atoms with Crippen molar-refractivity contribution in [2.45, 2.75) is 19.4 Å². The fraction of sp³-hybridized carbons (Fsp3) is 0.615. The SMILES string of the molecule is CC(C)(CN=Cc1c(O)[nH]c(=S)[nH]c1=O)N1CCOCC1. The standard InChI is InChI=1S/C13H20N4O3S/c1-13(2,17-3-5-20-6-4-17)8-14-7-9-10(18)15-12(21)16-11(9)19/h7H,3-6,8H2,1-2H3,(H3,15,16,18,19,21). The minimum atomic E-state index is -0.454. The van der Waals surface area contributed by atoms with Gasteiger partial charge in [0.2, 0.25) is 5.88 Å². The minimum Gasteiger partial charge on any atom is -0.494 e. The van der Waals surface area contributed by atoms with Gasteiger partial charge < -0.3 is 14.8 Å². The van der Waals surface area contributed by atoms with E-state index in [0.29, 0.717) is 6.54 Å². The van der Waals surface area contributed by atoms with Crippen molar-refractivity contribution < 1.29 is 9.84 Å². The van der Waals surface area contributed by atoms with E-state index in [2.05, 4.69) is 33.7 Å². The van der Waals surface area contributed by atoms with Crippen molar-refractivity contribution in [2.24, 2.45) is 4.99 Å². The lowest BCUT2D eigenvalue weighted by molar-refractivity contribution is -0.00676. The van der Waals surface area contributed by atoms with E-state index in [9.17, 15) is 9.90 Å². The monoisotopic (exact) mass is 312 g/mol. The number of aromatic amines is 2. The van der Waals surface area contributed by atoms with Crippen molar-refractivity contribution in [2.75, 3.05) is 32.8 Å². The maximum Gasteiger partial charge on any atom is 0.264 e. The number of aromatic hydroxyl groups is 1. The van der Waals surface area contributed by atoms with Gasteiger partial charge in [0.1, 0.15) is 5.56 Å². The predicted molar refractivity (Wildman–Crippen MR) is 82.8 cm³/mol. The molecule has 1 aliphatic heterocycles. The topological polar surface area (TPSA) is 93.7 Å². The fourth-order valence-electron chi connectivity index (χ4n) is 2.23. The second kappa shape index (κ2) is 6.50. The molecule has 7 nitrogen and oxygen atoms in total. The molecule has 116 valence electrons. The lowest BCUT2D eigenvalue weighted by Crippen LogP contribution is -2.51. The number of aliphatic imine (C=N–C) groups is 1. The van der Waals surface area contributed by atoms with E-state index in [1.807, 2.05) is 0 Å². The highest BCUT2D eigenvalue weighted by atomic mass is 32.1. The van der Waals surface area contributed by atoms with Gasteiger partial charge in [-0.05, 0) is 26.1 Å². The van der Waals surface area contributed by atoms with Gasteiger partial charge in [-0.1, -0.05) is 0 Å². The Morgan fingerprint density at radius 1 is 1.43 bits per heavy atom. The van der Waals surface area contributed by atoms with E-state index in [1.54, 1.807) is 0 Å². The molecule has 1 saturated heterocycles. The van der Waals surface area contributed by atoms with Gasteiger partial charge in [-0.15, -0.1) is 0 Å². The van der Waals surface area contributed by atoms with Crippen LogP contribution in [0.4, 0.5) is 0 Å². The molecular weight excluding hydrogens is 292 g/mol. The molecule has 0 radical (unpaired) electrons. The van der Waals surface area contributed by atoms with Crippen LogP contribution >= 0.6 is 12.2 Å². The van der Waals surface area contributed by atoms with Crippen molar-refractivity contribution >= 4 is 18.4 Å². The summed E-state index contributed by atoms with van der Waals surface area (Å²) in [6, 6.07) is 0. The van der Waals surface area contributed by atoms with Crippen LogP contribution in [0.3, 0.4) is 0 Å². The van der Waals surface area contributed by atoms with Crippen molar-refractivity contribution in [3.63, 3.8) is 0 Å². The molecule has 1 fully saturated rings. The van der Waals surface area contributed by atoms with Gasteiger partial charge in [-0.3, -0.25) is 19.7 Å². The molecule has 2 heterocycles. The molecule has 0 unspecified atom stereocenters. The molecule has 8 heteroatoms. The van der Waals surface area contributed by atoms with Crippen LogP contribution in [-0.2, 0) is 4.74 Å². The fourth-order valence-corrected chi connectivity index (χ4v) is 2.42. The molecule has 0 aliphatic carbocycles. The van der Waals surface area contributed by atoms with Gasteiger partial charge in [0.05, 0.1) is 19.8 Å². The molecule has 0 spiro atoms. The zero-order chi connectivity index (χ0) is 15.5. The van der Waals surface area contributed by atoms with Crippen LogP contribution in [0, 0.1) is 4.77 Å². The molecule has 1 aromatic rings. The number of hydrogen-bond donors (Lipinski definition) is 3. The molecule has 0 atom stereocenters. The first-order valence-corrected chi connectivity index (χ1v) is 7.19. The summed E-state index contributed by atoms with van der Waals surface area (Å²) < 4.78 is 5.43. The summed E-state index contributed by atoms with van der Waals surface area (Å²) in [6.07, 6.45) is 1.38. The Morgan fingerprint density at radius 2 is 2.10 bits per heavy atom. The highest BCUT2D eigenvalue weighted by molar-refractivity contribution is 7.71. The quantitative estimate of drug-likeness (QED) is 0.561. The first-order chi connectivity index (χ1) is 9.90. The Labute approximate surface area is 127 Å².